The van der Waals surface area contributed by atoms with E-state index in [1.165, 1.54) is 47.4 Å². The standard InChI is InChI=1S/C48H57ClN10O11/c1-46(2,3)68-39(60)26-67-33-18-20-57(21-19-33)44(65)52-31-13-10-28(11-14-31)22-35(54-42(63)41(62)53-34-25-30(49)12-16-37(34)58-27-50-55-56-58)40(61)51-32-15-17-36-29(23-32)24-38(43(64)69-47(4,5)6)59(36)45(66)70-48(7,8)9/h10-17,23-25,27,33,35H,18-22,26H2,1-9H3,(H,51,61)(H,52,65)(H,53,62)(H,54,63). The molecule has 1 atom stereocenters. The molecule has 4 N–H and O–H groups in total. The van der Waals surface area contributed by atoms with Gasteiger partial charge in [-0.15, -0.1) is 5.10 Å². The van der Waals surface area contributed by atoms with E-state index in [1.54, 1.807) is 97.5 Å². The zero-order chi connectivity index (χ0) is 51.1. The van der Waals surface area contributed by atoms with E-state index in [2.05, 4.69) is 36.8 Å². The molecule has 6 rings (SSSR count). The number of ether oxygens (including phenoxy) is 4. The summed E-state index contributed by atoms with van der Waals surface area (Å²) in [6.07, 6.45) is 1.20. The largest absolute Gasteiger partial charge is 0.458 e. The number of rotatable bonds is 12. The topological polar surface area (TPSA) is 256 Å². The van der Waals surface area contributed by atoms with Crippen molar-refractivity contribution in [1.82, 2.24) is 35.0 Å². The predicted molar refractivity (Wildman–Crippen MR) is 258 cm³/mol. The number of likely N-dealkylation sites (tertiary alicyclic amines) is 1. The summed E-state index contributed by atoms with van der Waals surface area (Å²) in [6.45, 7) is 16.1. The first-order valence-corrected chi connectivity index (χ1v) is 22.7. The van der Waals surface area contributed by atoms with Gasteiger partial charge < -0.3 is 45.1 Å². The Kier molecular flexibility index (Phi) is 16.0. The van der Waals surface area contributed by atoms with Crippen LogP contribution in [0.5, 0.6) is 0 Å². The molecule has 0 saturated carbocycles. The number of benzene rings is 3. The maximum absolute atomic E-state index is 14.2. The third-order valence-corrected chi connectivity index (χ3v) is 10.4. The van der Waals surface area contributed by atoms with Crippen LogP contribution in [0, 0.1) is 0 Å². The van der Waals surface area contributed by atoms with Crippen molar-refractivity contribution < 1.29 is 52.5 Å². The fraction of sp³-hybridized carbons (Fsp3) is 0.417. The molecule has 21 nitrogen and oxygen atoms in total. The molecule has 3 aromatic carbocycles. The highest BCUT2D eigenvalue weighted by Crippen LogP contribution is 2.28. The number of hydrogen-bond donors (Lipinski definition) is 4. The van der Waals surface area contributed by atoms with Gasteiger partial charge in [-0.25, -0.2) is 23.7 Å². The molecule has 0 aliphatic carbocycles. The number of nitrogens with one attached hydrogen (secondary N) is 4. The molecule has 1 unspecified atom stereocenters. The Balaban J connectivity index is 1.19. The first-order valence-electron chi connectivity index (χ1n) is 22.4. The van der Waals surface area contributed by atoms with Crippen molar-refractivity contribution in [3.8, 4) is 5.69 Å². The van der Waals surface area contributed by atoms with Crippen LogP contribution in [-0.4, -0.2) is 120 Å². The van der Waals surface area contributed by atoms with Gasteiger partial charge in [-0.2, -0.15) is 4.68 Å². The van der Waals surface area contributed by atoms with E-state index in [1.807, 2.05) is 0 Å². The van der Waals surface area contributed by atoms with Crippen LogP contribution in [0.25, 0.3) is 16.6 Å². The molecule has 3 heterocycles. The lowest BCUT2D eigenvalue weighted by molar-refractivity contribution is -0.163. The minimum Gasteiger partial charge on any atom is -0.458 e. The molecule has 70 heavy (non-hydrogen) atoms. The number of esters is 2. The molecule has 1 aliphatic heterocycles. The van der Waals surface area contributed by atoms with Crippen molar-refractivity contribution in [2.75, 3.05) is 35.6 Å². The van der Waals surface area contributed by atoms with Gasteiger partial charge in [0.15, 0.2) is 0 Å². The summed E-state index contributed by atoms with van der Waals surface area (Å²) in [6, 6.07) is 15.4. The van der Waals surface area contributed by atoms with Gasteiger partial charge in [0.1, 0.15) is 41.5 Å². The Labute approximate surface area is 408 Å². The number of amides is 5. The summed E-state index contributed by atoms with van der Waals surface area (Å²) >= 11 is 6.22. The quantitative estimate of drug-likeness (QED) is 0.0579. The number of carbonyl (C=O) groups excluding carboxylic acids is 7. The third-order valence-electron chi connectivity index (χ3n) is 10.1. The molecule has 5 aromatic rings. The predicted octanol–water partition coefficient (Wildman–Crippen LogP) is 6.67. The minimum absolute atomic E-state index is 0.104. The molecule has 372 valence electrons. The van der Waals surface area contributed by atoms with Crippen LogP contribution in [0.4, 0.5) is 26.7 Å². The average Bonchev–Trinajstić information content (AvgIpc) is 3.94. The van der Waals surface area contributed by atoms with E-state index in [4.69, 9.17) is 30.5 Å². The van der Waals surface area contributed by atoms with Crippen molar-refractivity contribution in [2.24, 2.45) is 0 Å². The lowest BCUT2D eigenvalue weighted by atomic mass is 10.0. The summed E-state index contributed by atoms with van der Waals surface area (Å²) in [7, 11) is 0. The number of urea groups is 1. The van der Waals surface area contributed by atoms with Gasteiger partial charge in [-0.05, 0) is 146 Å². The van der Waals surface area contributed by atoms with Crippen LogP contribution in [-0.2, 0) is 44.5 Å². The molecule has 22 heteroatoms. The highest BCUT2D eigenvalue weighted by Gasteiger charge is 2.31. The lowest BCUT2D eigenvalue weighted by Gasteiger charge is -2.32. The Morgan fingerprint density at radius 1 is 0.743 bits per heavy atom. The smallest absolute Gasteiger partial charge is 0.419 e. The normalized spacial score (nSPS) is 13.8. The van der Waals surface area contributed by atoms with Crippen molar-refractivity contribution in [2.45, 2.75) is 111 Å². The van der Waals surface area contributed by atoms with Crippen LogP contribution in [0.15, 0.2) is 73.1 Å². The second-order valence-corrected chi connectivity index (χ2v) is 19.9. The fourth-order valence-corrected chi connectivity index (χ4v) is 7.32. The minimum atomic E-state index is -1.37. The number of nitrogens with zero attached hydrogens (tertiary/aromatic N) is 6. The number of fused-ring (bicyclic) bond motifs is 1. The average molecular weight is 985 g/mol. The molecule has 1 fully saturated rings. The monoisotopic (exact) mass is 984 g/mol. The van der Waals surface area contributed by atoms with E-state index >= 15 is 0 Å². The van der Waals surface area contributed by atoms with E-state index in [0.29, 0.717) is 48.3 Å². The van der Waals surface area contributed by atoms with Gasteiger partial charge in [0.05, 0.1) is 23.0 Å². The number of aromatic nitrogens is 5. The van der Waals surface area contributed by atoms with Gasteiger partial charge in [0, 0.05) is 41.3 Å². The van der Waals surface area contributed by atoms with E-state index in [9.17, 15) is 33.6 Å². The molecular weight excluding hydrogens is 928 g/mol. The summed E-state index contributed by atoms with van der Waals surface area (Å²) in [5.74, 6) is -4.27. The summed E-state index contributed by atoms with van der Waals surface area (Å²) in [5, 5.41) is 22.4. The lowest BCUT2D eigenvalue weighted by Crippen LogP contribution is -2.49. The second kappa shape index (κ2) is 21.5. The van der Waals surface area contributed by atoms with Crippen LogP contribution in [0.2, 0.25) is 5.02 Å². The number of tetrazole rings is 1. The van der Waals surface area contributed by atoms with Crippen LogP contribution >= 0.6 is 11.6 Å². The molecule has 1 saturated heterocycles. The first-order chi connectivity index (χ1) is 32.8. The number of piperidine rings is 1. The third kappa shape index (κ3) is 14.6. The zero-order valence-corrected chi connectivity index (χ0v) is 41.1. The van der Waals surface area contributed by atoms with Gasteiger partial charge in [0.25, 0.3) is 0 Å². The van der Waals surface area contributed by atoms with Crippen LogP contribution in [0.1, 0.15) is 91.2 Å². The van der Waals surface area contributed by atoms with Crippen molar-refractivity contribution in [3.05, 3.63) is 89.3 Å². The molecule has 1 aliphatic rings. The van der Waals surface area contributed by atoms with Crippen molar-refractivity contribution in [1.29, 1.82) is 0 Å². The van der Waals surface area contributed by atoms with Crippen LogP contribution < -0.4 is 21.3 Å². The number of hydrogen-bond acceptors (Lipinski definition) is 14. The van der Waals surface area contributed by atoms with Crippen molar-refractivity contribution >= 4 is 81.4 Å². The Morgan fingerprint density at radius 3 is 2.03 bits per heavy atom. The molecule has 0 spiro atoms. The Morgan fingerprint density at radius 2 is 1.40 bits per heavy atom. The number of halogens is 1. The van der Waals surface area contributed by atoms with E-state index < -0.39 is 58.6 Å². The van der Waals surface area contributed by atoms with Crippen molar-refractivity contribution in [3.63, 3.8) is 0 Å². The van der Waals surface area contributed by atoms with Crippen LogP contribution in [0.3, 0.4) is 0 Å². The Hall–Kier alpha value is -7.39. The summed E-state index contributed by atoms with van der Waals surface area (Å²) in [5.41, 5.74) is -0.589. The maximum atomic E-state index is 14.2. The number of carbonyl (C=O) groups is 7. The van der Waals surface area contributed by atoms with Gasteiger partial charge in [-0.3, -0.25) is 14.4 Å². The molecule has 0 bridgehead atoms. The molecule has 0 radical (unpaired) electrons. The summed E-state index contributed by atoms with van der Waals surface area (Å²) < 4.78 is 24.6. The van der Waals surface area contributed by atoms with E-state index in [-0.39, 0.29) is 52.8 Å². The maximum Gasteiger partial charge on any atom is 0.419 e. The van der Waals surface area contributed by atoms with Gasteiger partial charge >= 0.3 is 35.9 Å². The van der Waals surface area contributed by atoms with E-state index in [0.717, 1.165) is 4.57 Å². The molecule has 2 aromatic heterocycles. The highest BCUT2D eigenvalue weighted by atomic mass is 35.5. The molecule has 5 amide bonds. The number of anilines is 3. The summed E-state index contributed by atoms with van der Waals surface area (Å²) in [4.78, 5) is 95.1. The second-order valence-electron chi connectivity index (χ2n) is 19.4. The zero-order valence-electron chi connectivity index (χ0n) is 40.4. The highest BCUT2D eigenvalue weighted by molar-refractivity contribution is 6.40. The van der Waals surface area contributed by atoms with Gasteiger partial charge in [0.2, 0.25) is 5.91 Å². The first kappa shape index (κ1) is 52.0. The fourth-order valence-electron chi connectivity index (χ4n) is 7.14. The van der Waals surface area contributed by atoms with Gasteiger partial charge in [-0.1, -0.05) is 23.7 Å². The Bertz CT molecular complexity index is 2750. The SMILES string of the molecule is CC(C)(C)OC(=O)COC1CCN(C(=O)Nc2ccc(CC(NC(=O)C(=O)Nc3cc(Cl)ccc3-n3cnnn3)C(=O)Nc3ccc4c(c3)cc(C(=O)OC(C)(C)C)n4C(=O)OC(C)(C)C)cc2)CC1. The molecular formula is C48H57ClN10O11.